The van der Waals surface area contributed by atoms with E-state index in [-0.39, 0.29) is 0 Å². The van der Waals surface area contributed by atoms with Crippen molar-refractivity contribution >= 4 is 40.5 Å². The summed E-state index contributed by atoms with van der Waals surface area (Å²) in [5.41, 5.74) is 0.820. The Morgan fingerprint density at radius 2 is 1.33 bits per heavy atom. The van der Waals surface area contributed by atoms with E-state index in [0.29, 0.717) is 21.1 Å². The van der Waals surface area contributed by atoms with Gasteiger partial charge in [0.25, 0.3) is 0 Å². The van der Waals surface area contributed by atoms with Crippen molar-refractivity contribution in [3.63, 3.8) is 0 Å². The van der Waals surface area contributed by atoms with Gasteiger partial charge in [0.15, 0.2) is 0 Å². The Bertz CT molecular complexity index is 387. The van der Waals surface area contributed by atoms with Gasteiger partial charge in [-0.2, -0.15) is 0 Å². The average molecular weight is 351 g/mol. The number of hydrogen-bond donors (Lipinski definition) is 1. The van der Waals surface area contributed by atoms with E-state index < -0.39 is 0 Å². The smallest absolute Gasteiger partial charge is 0.0722 e. The summed E-state index contributed by atoms with van der Waals surface area (Å²) in [7, 11) is 0. The Labute approximate surface area is 144 Å². The molecule has 0 spiro atoms. The SMILES string of the molecule is CCCCCC(CCCCC)Nc1c(Cl)cc(Cl)cc1Cl. The molecule has 0 saturated heterocycles. The molecule has 1 nitrogen and oxygen atoms in total. The van der Waals surface area contributed by atoms with Gasteiger partial charge in [0.2, 0.25) is 0 Å². The maximum Gasteiger partial charge on any atom is 0.0722 e. The van der Waals surface area contributed by atoms with Gasteiger partial charge < -0.3 is 5.32 Å². The maximum absolute atomic E-state index is 6.27. The monoisotopic (exact) mass is 349 g/mol. The lowest BCUT2D eigenvalue weighted by Gasteiger charge is -2.22. The topological polar surface area (TPSA) is 12.0 Å². The third-order valence-electron chi connectivity index (χ3n) is 3.67. The molecule has 1 aromatic carbocycles. The fourth-order valence-electron chi connectivity index (χ4n) is 2.45. The maximum atomic E-state index is 6.27. The largest absolute Gasteiger partial charge is 0.380 e. The lowest BCUT2D eigenvalue weighted by molar-refractivity contribution is 0.526. The van der Waals surface area contributed by atoms with E-state index in [1.807, 2.05) is 0 Å². The highest BCUT2D eigenvalue weighted by Crippen LogP contribution is 2.35. The first-order valence-electron chi connectivity index (χ1n) is 7.99. The quantitative estimate of drug-likeness (QED) is 0.428. The van der Waals surface area contributed by atoms with Crippen LogP contribution in [0.2, 0.25) is 15.1 Å². The van der Waals surface area contributed by atoms with Crippen LogP contribution in [-0.4, -0.2) is 6.04 Å². The molecule has 0 radical (unpaired) electrons. The fraction of sp³-hybridized carbons (Fsp3) is 0.647. The molecule has 120 valence electrons. The summed E-state index contributed by atoms with van der Waals surface area (Å²) in [6.07, 6.45) is 9.82. The first-order chi connectivity index (χ1) is 10.1. The van der Waals surface area contributed by atoms with Crippen LogP contribution in [0.25, 0.3) is 0 Å². The zero-order valence-electron chi connectivity index (χ0n) is 13.0. The molecule has 4 heteroatoms. The molecule has 1 aromatic rings. The molecule has 0 saturated carbocycles. The van der Waals surface area contributed by atoms with Gasteiger partial charge >= 0.3 is 0 Å². The lowest BCUT2D eigenvalue weighted by atomic mass is 10.0. The molecule has 0 aromatic heterocycles. The minimum absolute atomic E-state index is 0.430. The molecule has 0 aliphatic carbocycles. The molecule has 21 heavy (non-hydrogen) atoms. The van der Waals surface area contributed by atoms with Crippen LogP contribution in [0.1, 0.15) is 65.2 Å². The third-order valence-corrected chi connectivity index (χ3v) is 4.48. The van der Waals surface area contributed by atoms with Crippen LogP contribution in [0.5, 0.6) is 0 Å². The number of hydrogen-bond acceptors (Lipinski definition) is 1. The summed E-state index contributed by atoms with van der Waals surface area (Å²) >= 11 is 18.5. The Kier molecular flexibility index (Phi) is 9.55. The zero-order chi connectivity index (χ0) is 15.7. The molecule has 1 rings (SSSR count). The van der Waals surface area contributed by atoms with E-state index in [1.165, 1.54) is 38.5 Å². The summed E-state index contributed by atoms with van der Waals surface area (Å²) in [4.78, 5) is 0. The molecule has 0 amide bonds. The molecule has 0 heterocycles. The number of anilines is 1. The van der Waals surface area contributed by atoms with Crippen LogP contribution in [0, 0.1) is 0 Å². The summed E-state index contributed by atoms with van der Waals surface area (Å²) in [5, 5.41) is 5.31. The van der Waals surface area contributed by atoms with Gasteiger partial charge in [0, 0.05) is 11.1 Å². The molecular weight excluding hydrogens is 325 g/mol. The number of halogens is 3. The van der Waals surface area contributed by atoms with Crippen molar-refractivity contribution < 1.29 is 0 Å². The second-order valence-electron chi connectivity index (χ2n) is 5.58. The van der Waals surface area contributed by atoms with Crippen LogP contribution in [0.15, 0.2) is 12.1 Å². The van der Waals surface area contributed by atoms with Crippen molar-refractivity contribution in [2.75, 3.05) is 5.32 Å². The summed E-state index contributed by atoms with van der Waals surface area (Å²) in [6.45, 7) is 4.46. The Hall–Kier alpha value is -0.110. The summed E-state index contributed by atoms with van der Waals surface area (Å²) < 4.78 is 0. The van der Waals surface area contributed by atoms with Gasteiger partial charge in [-0.25, -0.2) is 0 Å². The highest BCUT2D eigenvalue weighted by atomic mass is 35.5. The van der Waals surface area contributed by atoms with Crippen molar-refractivity contribution in [3.05, 3.63) is 27.2 Å². The van der Waals surface area contributed by atoms with Gasteiger partial charge in [0.05, 0.1) is 15.7 Å². The first kappa shape index (κ1) is 18.9. The van der Waals surface area contributed by atoms with Crippen molar-refractivity contribution in [2.24, 2.45) is 0 Å². The van der Waals surface area contributed by atoms with E-state index >= 15 is 0 Å². The van der Waals surface area contributed by atoms with Crippen molar-refractivity contribution in [3.8, 4) is 0 Å². The molecule has 0 atom stereocenters. The number of nitrogens with one attached hydrogen (secondary N) is 1. The van der Waals surface area contributed by atoms with E-state index in [4.69, 9.17) is 34.8 Å². The van der Waals surface area contributed by atoms with E-state index in [1.54, 1.807) is 12.1 Å². The minimum atomic E-state index is 0.430. The molecule has 0 aliphatic rings. The van der Waals surface area contributed by atoms with Crippen LogP contribution in [-0.2, 0) is 0 Å². The average Bonchev–Trinajstić information content (AvgIpc) is 2.42. The number of unbranched alkanes of at least 4 members (excludes halogenated alkanes) is 4. The van der Waals surface area contributed by atoms with Gasteiger partial charge in [-0.1, -0.05) is 87.2 Å². The summed E-state index contributed by atoms with van der Waals surface area (Å²) in [6, 6.07) is 3.91. The Balaban J connectivity index is 2.69. The predicted molar refractivity (Wildman–Crippen MR) is 97.2 cm³/mol. The standard InChI is InChI=1S/C17H26Cl3N/c1-3-5-7-9-14(10-8-6-4-2)21-17-15(19)11-13(18)12-16(17)20/h11-12,14,21H,3-10H2,1-2H3. The van der Waals surface area contributed by atoms with E-state index in [0.717, 1.165) is 18.5 Å². The molecule has 0 bridgehead atoms. The normalized spacial score (nSPS) is 11.1. The van der Waals surface area contributed by atoms with Crippen molar-refractivity contribution in [1.29, 1.82) is 0 Å². The van der Waals surface area contributed by atoms with Crippen LogP contribution in [0.3, 0.4) is 0 Å². The van der Waals surface area contributed by atoms with Crippen LogP contribution < -0.4 is 5.32 Å². The minimum Gasteiger partial charge on any atom is -0.380 e. The fourth-order valence-corrected chi connectivity index (χ4v) is 3.38. The van der Waals surface area contributed by atoms with Gasteiger partial charge in [-0.15, -0.1) is 0 Å². The molecule has 1 N–H and O–H groups in total. The highest BCUT2D eigenvalue weighted by molar-refractivity contribution is 6.41. The van der Waals surface area contributed by atoms with Crippen molar-refractivity contribution in [1.82, 2.24) is 0 Å². The number of rotatable bonds is 10. The third kappa shape index (κ3) is 7.13. The second kappa shape index (κ2) is 10.6. The van der Waals surface area contributed by atoms with Gasteiger partial charge in [0.1, 0.15) is 0 Å². The summed E-state index contributed by atoms with van der Waals surface area (Å²) in [5.74, 6) is 0. The van der Waals surface area contributed by atoms with Gasteiger partial charge in [-0.3, -0.25) is 0 Å². The Morgan fingerprint density at radius 3 is 1.76 bits per heavy atom. The molecule has 0 aliphatic heterocycles. The van der Waals surface area contributed by atoms with Crippen LogP contribution >= 0.6 is 34.8 Å². The van der Waals surface area contributed by atoms with Crippen molar-refractivity contribution in [2.45, 2.75) is 71.3 Å². The zero-order valence-corrected chi connectivity index (χ0v) is 15.3. The van der Waals surface area contributed by atoms with E-state index in [9.17, 15) is 0 Å². The molecule has 0 fully saturated rings. The molecular formula is C17H26Cl3N. The Morgan fingerprint density at radius 1 is 0.857 bits per heavy atom. The van der Waals surface area contributed by atoms with Gasteiger partial charge in [-0.05, 0) is 25.0 Å². The second-order valence-corrected chi connectivity index (χ2v) is 6.83. The van der Waals surface area contributed by atoms with Crippen LogP contribution in [0.4, 0.5) is 5.69 Å². The highest BCUT2D eigenvalue weighted by Gasteiger charge is 2.13. The number of benzene rings is 1. The first-order valence-corrected chi connectivity index (χ1v) is 9.12. The predicted octanol–water partition coefficient (Wildman–Crippen LogP) is 7.59. The van der Waals surface area contributed by atoms with E-state index in [2.05, 4.69) is 19.2 Å². The molecule has 0 unspecified atom stereocenters. The lowest BCUT2D eigenvalue weighted by Crippen LogP contribution is -2.20.